The molecule has 0 fully saturated rings. The number of carbonyl (C=O) groups excluding carboxylic acids is 2. The van der Waals surface area contributed by atoms with Crippen molar-refractivity contribution in [1.29, 1.82) is 0 Å². The van der Waals surface area contributed by atoms with Crippen LogP contribution in [0.2, 0.25) is 5.02 Å². The van der Waals surface area contributed by atoms with Crippen LogP contribution in [0.4, 0.5) is 0 Å². The summed E-state index contributed by atoms with van der Waals surface area (Å²) in [4.78, 5) is 23.0. The second kappa shape index (κ2) is 7.58. The Morgan fingerprint density at radius 1 is 1.05 bits per heavy atom. The molecule has 1 aromatic rings. The van der Waals surface area contributed by atoms with Crippen LogP contribution >= 0.6 is 11.6 Å². The minimum Gasteiger partial charge on any atom is -0.495 e. The number of hydrogen-bond acceptors (Lipinski definition) is 7. The molecule has 0 spiro atoms. The first-order valence-corrected chi connectivity index (χ1v) is 6.10. The van der Waals surface area contributed by atoms with Crippen LogP contribution in [-0.4, -0.2) is 47.0 Å². The number of hydrogen-bond donors (Lipinski definition) is 0. The molecule has 0 heterocycles. The highest BCUT2D eigenvalue weighted by Crippen LogP contribution is 2.43. The Bertz CT molecular complexity index is 542. The van der Waals surface area contributed by atoms with Crippen molar-refractivity contribution < 1.29 is 33.3 Å². The molecular weight excluding hydrogens is 304 g/mol. The van der Waals surface area contributed by atoms with E-state index in [1.54, 1.807) is 0 Å². The molecule has 1 aromatic carbocycles. The number of methoxy groups -OCH3 is 4. The van der Waals surface area contributed by atoms with Crippen molar-refractivity contribution in [2.45, 2.75) is 0 Å². The predicted octanol–water partition coefficient (Wildman–Crippen LogP) is 1.70. The van der Waals surface area contributed by atoms with Crippen LogP contribution in [0.15, 0.2) is 6.07 Å². The fourth-order valence-electron chi connectivity index (χ4n) is 1.53. The standard InChI is InChI=1S/C13H15ClO7/c1-17-8-5-7(21-6-9(15)18-2)10(13(16)20-4)12(19-3)11(8)14/h5H,6H2,1-4H3. The second-order valence-corrected chi connectivity index (χ2v) is 4.03. The van der Waals surface area contributed by atoms with Gasteiger partial charge in [0.1, 0.15) is 22.1 Å². The molecule has 0 amide bonds. The number of carbonyl (C=O) groups is 2. The molecule has 0 atom stereocenters. The van der Waals surface area contributed by atoms with Crippen molar-refractivity contribution in [2.75, 3.05) is 35.0 Å². The van der Waals surface area contributed by atoms with E-state index in [-0.39, 0.29) is 27.8 Å². The molecule has 1 rings (SSSR count). The molecular formula is C13H15ClO7. The molecule has 0 aliphatic heterocycles. The Morgan fingerprint density at radius 2 is 1.71 bits per heavy atom. The first kappa shape index (κ1) is 16.9. The van der Waals surface area contributed by atoms with Gasteiger partial charge in [-0.1, -0.05) is 11.6 Å². The van der Waals surface area contributed by atoms with Gasteiger partial charge in [-0.3, -0.25) is 0 Å². The van der Waals surface area contributed by atoms with Gasteiger partial charge in [-0.2, -0.15) is 0 Å². The van der Waals surface area contributed by atoms with E-state index in [9.17, 15) is 9.59 Å². The third-order valence-electron chi connectivity index (χ3n) is 2.54. The third kappa shape index (κ3) is 3.69. The van der Waals surface area contributed by atoms with Gasteiger partial charge >= 0.3 is 11.9 Å². The summed E-state index contributed by atoms with van der Waals surface area (Å²) in [5.74, 6) is -1.05. The predicted molar refractivity (Wildman–Crippen MR) is 73.4 cm³/mol. The topological polar surface area (TPSA) is 80.3 Å². The van der Waals surface area contributed by atoms with Crippen molar-refractivity contribution in [1.82, 2.24) is 0 Å². The first-order chi connectivity index (χ1) is 9.99. The highest BCUT2D eigenvalue weighted by Gasteiger charge is 2.26. The van der Waals surface area contributed by atoms with E-state index < -0.39 is 18.5 Å². The number of esters is 2. The Balaban J connectivity index is 3.36. The molecule has 7 nitrogen and oxygen atoms in total. The average molecular weight is 319 g/mol. The minimum atomic E-state index is -0.726. The van der Waals surface area contributed by atoms with Crippen LogP contribution in [0, 0.1) is 0 Å². The summed E-state index contributed by atoms with van der Waals surface area (Å²) in [5, 5.41) is 0.0887. The maximum absolute atomic E-state index is 11.9. The van der Waals surface area contributed by atoms with E-state index >= 15 is 0 Å². The molecule has 0 aliphatic carbocycles. The molecule has 116 valence electrons. The van der Waals surface area contributed by atoms with E-state index in [0.717, 1.165) is 0 Å². The molecule has 0 radical (unpaired) electrons. The summed E-state index contributed by atoms with van der Waals surface area (Å²) in [6.45, 7) is -0.394. The van der Waals surface area contributed by atoms with Gasteiger partial charge in [0.25, 0.3) is 0 Å². The fourth-order valence-corrected chi connectivity index (χ4v) is 1.84. The van der Waals surface area contributed by atoms with Gasteiger partial charge in [0.05, 0.1) is 28.4 Å². The van der Waals surface area contributed by atoms with Crippen molar-refractivity contribution in [3.05, 3.63) is 16.7 Å². The van der Waals surface area contributed by atoms with Crippen LogP contribution in [0.3, 0.4) is 0 Å². The zero-order chi connectivity index (χ0) is 16.0. The lowest BCUT2D eigenvalue weighted by Crippen LogP contribution is -2.15. The zero-order valence-corrected chi connectivity index (χ0v) is 12.8. The van der Waals surface area contributed by atoms with Crippen molar-refractivity contribution in [3.8, 4) is 17.2 Å². The molecule has 0 saturated carbocycles. The first-order valence-electron chi connectivity index (χ1n) is 5.72. The van der Waals surface area contributed by atoms with Gasteiger partial charge in [-0.05, 0) is 0 Å². The molecule has 0 aromatic heterocycles. The Morgan fingerprint density at radius 3 is 2.19 bits per heavy atom. The Kier molecular flexibility index (Phi) is 6.10. The van der Waals surface area contributed by atoms with Crippen molar-refractivity contribution in [2.24, 2.45) is 0 Å². The van der Waals surface area contributed by atoms with Gasteiger partial charge in [0.2, 0.25) is 0 Å². The molecule has 0 unspecified atom stereocenters. The van der Waals surface area contributed by atoms with Crippen molar-refractivity contribution >= 4 is 23.5 Å². The van der Waals surface area contributed by atoms with E-state index in [0.29, 0.717) is 0 Å². The third-order valence-corrected chi connectivity index (χ3v) is 2.90. The van der Waals surface area contributed by atoms with E-state index in [1.165, 1.54) is 34.5 Å². The zero-order valence-electron chi connectivity index (χ0n) is 12.0. The van der Waals surface area contributed by atoms with Crippen LogP contribution in [0.5, 0.6) is 17.2 Å². The van der Waals surface area contributed by atoms with Crippen LogP contribution in [-0.2, 0) is 14.3 Å². The summed E-state index contributed by atoms with van der Waals surface area (Å²) in [7, 11) is 5.14. The van der Waals surface area contributed by atoms with Gasteiger partial charge in [0.15, 0.2) is 12.4 Å². The lowest BCUT2D eigenvalue weighted by molar-refractivity contribution is -0.142. The SMILES string of the molecule is COC(=O)COc1cc(OC)c(Cl)c(OC)c1C(=O)OC. The fraction of sp³-hybridized carbons (Fsp3) is 0.385. The summed E-state index contributed by atoms with van der Waals surface area (Å²) in [6.07, 6.45) is 0. The summed E-state index contributed by atoms with van der Waals surface area (Å²) < 4.78 is 24.6. The van der Waals surface area contributed by atoms with Crippen molar-refractivity contribution in [3.63, 3.8) is 0 Å². The average Bonchev–Trinajstić information content (AvgIpc) is 2.51. The lowest BCUT2D eigenvalue weighted by Gasteiger charge is -2.16. The highest BCUT2D eigenvalue weighted by molar-refractivity contribution is 6.34. The van der Waals surface area contributed by atoms with Gasteiger partial charge < -0.3 is 23.7 Å². The highest BCUT2D eigenvalue weighted by atomic mass is 35.5. The molecule has 8 heteroatoms. The number of ether oxygens (including phenoxy) is 5. The largest absolute Gasteiger partial charge is 0.495 e. The normalized spacial score (nSPS) is 9.76. The van der Waals surface area contributed by atoms with Gasteiger partial charge in [-0.25, -0.2) is 9.59 Å². The van der Waals surface area contributed by atoms with Gasteiger partial charge in [0, 0.05) is 6.07 Å². The molecule has 0 aliphatic rings. The monoisotopic (exact) mass is 318 g/mol. The summed E-state index contributed by atoms with van der Waals surface area (Å²) in [5.41, 5.74) is -0.0466. The summed E-state index contributed by atoms with van der Waals surface area (Å²) in [6, 6.07) is 1.36. The maximum atomic E-state index is 11.9. The molecule has 0 saturated heterocycles. The maximum Gasteiger partial charge on any atom is 0.345 e. The Labute approximate surface area is 126 Å². The van der Waals surface area contributed by atoms with E-state index in [2.05, 4.69) is 9.47 Å². The minimum absolute atomic E-state index is 0.0303. The quantitative estimate of drug-likeness (QED) is 0.738. The number of benzene rings is 1. The molecule has 0 N–H and O–H groups in total. The molecule has 21 heavy (non-hydrogen) atoms. The lowest BCUT2D eigenvalue weighted by atomic mass is 10.1. The molecule has 0 bridgehead atoms. The van der Waals surface area contributed by atoms with Gasteiger partial charge in [-0.15, -0.1) is 0 Å². The van der Waals surface area contributed by atoms with Crippen LogP contribution in [0.25, 0.3) is 0 Å². The number of halogens is 1. The number of rotatable bonds is 6. The van der Waals surface area contributed by atoms with Crippen LogP contribution < -0.4 is 14.2 Å². The van der Waals surface area contributed by atoms with Crippen LogP contribution in [0.1, 0.15) is 10.4 Å². The Hall–Kier alpha value is -2.15. The van der Waals surface area contributed by atoms with E-state index in [4.69, 9.17) is 25.8 Å². The smallest absolute Gasteiger partial charge is 0.345 e. The summed E-state index contributed by atoms with van der Waals surface area (Å²) >= 11 is 6.07. The second-order valence-electron chi connectivity index (χ2n) is 3.66. The van der Waals surface area contributed by atoms with E-state index in [1.807, 2.05) is 0 Å².